The van der Waals surface area contributed by atoms with Gasteiger partial charge in [0.15, 0.2) is 0 Å². The normalized spacial score (nSPS) is 28.2. The first kappa shape index (κ1) is 18.3. The van der Waals surface area contributed by atoms with Crippen molar-refractivity contribution < 1.29 is 14.8 Å². The summed E-state index contributed by atoms with van der Waals surface area (Å²) in [5.41, 5.74) is 2.43. The van der Waals surface area contributed by atoms with Crippen molar-refractivity contribution in [2.75, 3.05) is 13.1 Å². The van der Waals surface area contributed by atoms with E-state index in [9.17, 15) is 9.59 Å². The molecule has 2 saturated heterocycles. The zero-order valence-corrected chi connectivity index (χ0v) is 15.8. The van der Waals surface area contributed by atoms with E-state index in [0.717, 1.165) is 25.7 Å². The highest BCUT2D eigenvalue weighted by molar-refractivity contribution is 7.80. The number of likely N-dealkylation sites (tertiary alicyclic amines) is 1. The summed E-state index contributed by atoms with van der Waals surface area (Å²) in [7, 11) is 0. The lowest BCUT2D eigenvalue weighted by Crippen LogP contribution is -2.51. The lowest BCUT2D eigenvalue weighted by atomic mass is 9.85. The quantitative estimate of drug-likeness (QED) is 0.354. The van der Waals surface area contributed by atoms with Crippen LogP contribution in [0.5, 0.6) is 0 Å². The maximum absolute atomic E-state index is 13.3. The highest BCUT2D eigenvalue weighted by Gasteiger charge is 2.47. The molecule has 0 aromatic heterocycles. The fraction of sp³-hybridized carbons (Fsp3) is 0.500. The van der Waals surface area contributed by atoms with E-state index in [1.165, 1.54) is 17.3 Å². The van der Waals surface area contributed by atoms with Gasteiger partial charge in [0.2, 0.25) is 5.91 Å². The third kappa shape index (κ3) is 3.30. The summed E-state index contributed by atoms with van der Waals surface area (Å²) in [6.45, 7) is 1.02. The van der Waals surface area contributed by atoms with Gasteiger partial charge in [0.25, 0.3) is 0 Å². The first-order chi connectivity index (χ1) is 13.1. The van der Waals surface area contributed by atoms with Crippen LogP contribution in [0.15, 0.2) is 29.4 Å². The third-order valence-electron chi connectivity index (χ3n) is 6.02. The van der Waals surface area contributed by atoms with Crippen LogP contribution in [0.2, 0.25) is 0 Å². The average molecular weight is 385 g/mol. The number of benzene rings is 1. The Labute approximate surface area is 163 Å². The Kier molecular flexibility index (Phi) is 5.06. The van der Waals surface area contributed by atoms with Crippen LogP contribution in [-0.4, -0.2) is 58.0 Å². The number of hydrogen-bond donors (Lipinski definition) is 2. The molecule has 0 spiro atoms. The molecule has 4 rings (SSSR count). The van der Waals surface area contributed by atoms with E-state index in [2.05, 4.69) is 22.6 Å². The zero-order valence-electron chi connectivity index (χ0n) is 15.0. The Morgan fingerprint density at radius 2 is 1.96 bits per heavy atom. The first-order valence-corrected chi connectivity index (χ1v) is 9.85. The molecule has 2 heterocycles. The maximum Gasteiger partial charge on any atom is 0.241 e. The molecule has 27 heavy (non-hydrogen) atoms. The maximum atomic E-state index is 13.3. The van der Waals surface area contributed by atoms with E-state index in [1.807, 2.05) is 12.1 Å². The van der Waals surface area contributed by atoms with Crippen molar-refractivity contribution in [3.8, 4) is 0 Å². The molecule has 6 nitrogen and oxygen atoms in total. The Balaban J connectivity index is 1.52. The van der Waals surface area contributed by atoms with Crippen LogP contribution in [0.4, 0.5) is 0 Å². The molecule has 2 fully saturated rings. The number of Topliss-reactive ketones (excluding diaryl/α,β-unsaturated/α-hetero) is 1. The molecule has 1 unspecified atom stereocenters. The van der Waals surface area contributed by atoms with Gasteiger partial charge in [0, 0.05) is 23.9 Å². The number of nitrogens with zero attached hydrogens (tertiary/aromatic N) is 2. The van der Waals surface area contributed by atoms with Gasteiger partial charge in [-0.15, -0.1) is 0 Å². The topological polar surface area (TPSA) is 82.0 Å². The van der Waals surface area contributed by atoms with Crippen molar-refractivity contribution in [1.82, 2.24) is 10.2 Å². The molecule has 2 N–H and O–H groups in total. The first-order valence-electron chi connectivity index (χ1n) is 9.44. The van der Waals surface area contributed by atoms with E-state index < -0.39 is 12.0 Å². The fourth-order valence-electron chi connectivity index (χ4n) is 4.67. The molecular formula is C20H23N3O3S. The summed E-state index contributed by atoms with van der Waals surface area (Å²) < 4.78 is 0. The molecule has 1 aliphatic carbocycles. The van der Waals surface area contributed by atoms with E-state index in [1.54, 1.807) is 4.90 Å². The minimum atomic E-state index is -0.610. The summed E-state index contributed by atoms with van der Waals surface area (Å²) >= 11 is 5.47. The number of fused-ring (bicyclic) bond motifs is 1. The second-order valence-corrected chi connectivity index (χ2v) is 8.11. The molecule has 3 atom stereocenters. The van der Waals surface area contributed by atoms with Gasteiger partial charge in [0.05, 0.1) is 18.2 Å². The van der Waals surface area contributed by atoms with Gasteiger partial charge in [-0.05, 0) is 36.8 Å². The number of thiocarbonyl (C=S) groups is 1. The van der Waals surface area contributed by atoms with Crippen molar-refractivity contribution in [2.24, 2.45) is 17.0 Å². The molecule has 0 radical (unpaired) electrons. The molecule has 2 aliphatic heterocycles. The SMILES string of the molecule is O=C(C1Cc2ccccc2C1)C1C(=S)CN[C@@H]1C(=O)N1CCC[C@H]1C=NO. The second kappa shape index (κ2) is 7.48. The van der Waals surface area contributed by atoms with Crippen molar-refractivity contribution in [3.05, 3.63) is 35.4 Å². The van der Waals surface area contributed by atoms with E-state index >= 15 is 0 Å². The average Bonchev–Trinajstić information content (AvgIpc) is 3.38. The second-order valence-electron chi connectivity index (χ2n) is 7.58. The van der Waals surface area contributed by atoms with Gasteiger partial charge < -0.3 is 15.4 Å². The van der Waals surface area contributed by atoms with Crippen LogP contribution in [0, 0.1) is 11.8 Å². The zero-order chi connectivity index (χ0) is 19.0. The van der Waals surface area contributed by atoms with Crippen LogP contribution in [0.25, 0.3) is 0 Å². The number of ketones is 1. The van der Waals surface area contributed by atoms with Crippen molar-refractivity contribution >= 4 is 35.0 Å². The van der Waals surface area contributed by atoms with Crippen molar-refractivity contribution in [2.45, 2.75) is 37.8 Å². The summed E-state index contributed by atoms with van der Waals surface area (Å²) in [6.07, 6.45) is 4.46. The van der Waals surface area contributed by atoms with Crippen molar-refractivity contribution in [3.63, 3.8) is 0 Å². The van der Waals surface area contributed by atoms with Crippen molar-refractivity contribution in [1.29, 1.82) is 0 Å². The Hall–Kier alpha value is -2.12. The number of nitrogens with one attached hydrogen (secondary N) is 1. The predicted molar refractivity (Wildman–Crippen MR) is 105 cm³/mol. The van der Waals surface area contributed by atoms with E-state index in [-0.39, 0.29) is 23.7 Å². The lowest BCUT2D eigenvalue weighted by molar-refractivity contribution is -0.137. The van der Waals surface area contributed by atoms with E-state index in [0.29, 0.717) is 18.0 Å². The van der Waals surface area contributed by atoms with Gasteiger partial charge in [-0.2, -0.15) is 0 Å². The molecule has 1 aromatic carbocycles. The smallest absolute Gasteiger partial charge is 0.241 e. The molecular weight excluding hydrogens is 362 g/mol. The number of oxime groups is 1. The summed E-state index contributed by atoms with van der Waals surface area (Å²) in [4.78, 5) is 28.8. The molecule has 0 bridgehead atoms. The molecule has 0 saturated carbocycles. The minimum Gasteiger partial charge on any atom is -0.411 e. The Morgan fingerprint density at radius 1 is 1.26 bits per heavy atom. The van der Waals surface area contributed by atoms with Gasteiger partial charge in [-0.3, -0.25) is 9.59 Å². The number of hydrogen-bond acceptors (Lipinski definition) is 6. The highest BCUT2D eigenvalue weighted by atomic mass is 32.1. The van der Waals surface area contributed by atoms with E-state index in [4.69, 9.17) is 17.4 Å². The highest BCUT2D eigenvalue weighted by Crippen LogP contribution is 2.32. The van der Waals surface area contributed by atoms with Crippen LogP contribution >= 0.6 is 12.2 Å². The number of carbonyl (C=O) groups excluding carboxylic acids is 2. The number of rotatable bonds is 4. The largest absolute Gasteiger partial charge is 0.411 e. The van der Waals surface area contributed by atoms with Gasteiger partial charge in [-0.1, -0.05) is 41.6 Å². The minimum absolute atomic E-state index is 0.0751. The number of amides is 1. The standard InChI is InChI=1S/C20H23N3O3S/c24-19(14-8-12-4-1-2-5-13(12)9-14)17-16(27)11-21-18(17)20(25)23-7-3-6-15(23)10-22-26/h1-2,4-5,10,14-15,17-18,21,26H,3,6-9,11H2/t15-,17?,18-/m0/s1. The number of carbonyl (C=O) groups is 2. The molecule has 3 aliphatic rings. The fourth-order valence-corrected chi connectivity index (χ4v) is 5.00. The van der Waals surface area contributed by atoms with Gasteiger partial charge in [-0.25, -0.2) is 0 Å². The molecule has 1 aromatic rings. The van der Waals surface area contributed by atoms with Crippen LogP contribution in [0.3, 0.4) is 0 Å². The molecule has 1 amide bonds. The molecule has 7 heteroatoms. The van der Waals surface area contributed by atoms with Crippen LogP contribution < -0.4 is 5.32 Å². The summed E-state index contributed by atoms with van der Waals surface area (Å²) in [6, 6.07) is 7.30. The van der Waals surface area contributed by atoms with Crippen LogP contribution in [-0.2, 0) is 22.4 Å². The van der Waals surface area contributed by atoms with Gasteiger partial charge >= 0.3 is 0 Å². The monoisotopic (exact) mass is 385 g/mol. The van der Waals surface area contributed by atoms with Gasteiger partial charge in [0.1, 0.15) is 11.8 Å². The predicted octanol–water partition coefficient (Wildman–Crippen LogP) is 1.38. The lowest BCUT2D eigenvalue weighted by Gasteiger charge is -2.28. The Morgan fingerprint density at radius 3 is 2.63 bits per heavy atom. The summed E-state index contributed by atoms with van der Waals surface area (Å²) in [5.74, 6) is -0.717. The van der Waals surface area contributed by atoms with Crippen LogP contribution in [0.1, 0.15) is 24.0 Å². The Bertz CT molecular complexity index is 784. The summed E-state index contributed by atoms with van der Waals surface area (Å²) in [5, 5.41) is 15.1. The molecule has 142 valence electrons. The third-order valence-corrected chi connectivity index (χ3v) is 6.42.